The van der Waals surface area contributed by atoms with Crippen LogP contribution < -0.4 is 10.6 Å². The van der Waals surface area contributed by atoms with Crippen molar-refractivity contribution in [1.82, 2.24) is 10.6 Å². The van der Waals surface area contributed by atoms with Gasteiger partial charge in [-0.1, -0.05) is 60.7 Å². The molecule has 0 saturated heterocycles. The monoisotopic (exact) mass is 430 g/mol. The minimum atomic E-state index is -1.11. The Morgan fingerprint density at radius 2 is 1.53 bits per heavy atom. The van der Waals surface area contributed by atoms with E-state index in [1.165, 1.54) is 11.8 Å². The van der Waals surface area contributed by atoms with E-state index in [2.05, 4.69) is 10.6 Å². The maximum absolute atomic E-state index is 12.8. The van der Waals surface area contributed by atoms with Crippen LogP contribution in [0.3, 0.4) is 0 Å². The predicted molar refractivity (Wildman–Crippen MR) is 116 cm³/mol. The number of aliphatic carboxylic acids is 1. The number of carbonyl (C=O) groups excluding carboxylic acids is 2. The van der Waals surface area contributed by atoms with Crippen LogP contribution in [0.1, 0.15) is 17.5 Å². The molecule has 0 aliphatic heterocycles. The molecule has 2 amide bonds. The number of hydrogen-bond acceptors (Lipinski definition) is 5. The summed E-state index contributed by atoms with van der Waals surface area (Å²) in [6.07, 6.45) is 1.62. The summed E-state index contributed by atoms with van der Waals surface area (Å²) >= 11 is 1.50. The number of thioether (sulfide) groups is 1. The van der Waals surface area contributed by atoms with Crippen molar-refractivity contribution in [3.05, 3.63) is 71.8 Å². The molecule has 0 radical (unpaired) electrons. The van der Waals surface area contributed by atoms with Gasteiger partial charge in [0.2, 0.25) is 5.91 Å². The van der Waals surface area contributed by atoms with E-state index in [4.69, 9.17) is 4.74 Å². The number of carboxylic acid groups (broad SMARTS) is 1. The van der Waals surface area contributed by atoms with Crippen molar-refractivity contribution in [2.75, 3.05) is 12.0 Å². The van der Waals surface area contributed by atoms with Gasteiger partial charge in [0.25, 0.3) is 0 Å². The predicted octanol–water partition coefficient (Wildman–Crippen LogP) is 2.85. The lowest BCUT2D eigenvalue weighted by Gasteiger charge is -2.21. The molecule has 3 N–H and O–H groups in total. The van der Waals surface area contributed by atoms with E-state index >= 15 is 0 Å². The van der Waals surface area contributed by atoms with Gasteiger partial charge in [0.05, 0.1) is 0 Å². The highest BCUT2D eigenvalue weighted by Crippen LogP contribution is 2.07. The third kappa shape index (κ3) is 8.16. The van der Waals surface area contributed by atoms with E-state index in [1.807, 2.05) is 66.9 Å². The number of amides is 2. The Balaban J connectivity index is 2.04. The Kier molecular flexibility index (Phi) is 9.73. The van der Waals surface area contributed by atoms with Crippen LogP contribution in [0, 0.1) is 0 Å². The minimum Gasteiger partial charge on any atom is -0.480 e. The molecule has 30 heavy (non-hydrogen) atoms. The number of hydrogen-bond donors (Lipinski definition) is 3. The molecule has 2 aromatic carbocycles. The number of alkyl carbamates (subject to hydrolysis) is 1. The van der Waals surface area contributed by atoms with Crippen molar-refractivity contribution in [2.24, 2.45) is 0 Å². The first-order valence-electron chi connectivity index (χ1n) is 9.53. The highest BCUT2D eigenvalue weighted by Gasteiger charge is 2.27. The van der Waals surface area contributed by atoms with Gasteiger partial charge in [0.15, 0.2) is 0 Å². The first kappa shape index (κ1) is 23.3. The Hall–Kier alpha value is -3.00. The van der Waals surface area contributed by atoms with Gasteiger partial charge >= 0.3 is 12.1 Å². The molecule has 2 rings (SSSR count). The molecule has 2 aromatic rings. The number of ether oxygens (including phenoxy) is 1. The van der Waals surface area contributed by atoms with Crippen molar-refractivity contribution in [2.45, 2.75) is 31.5 Å². The van der Waals surface area contributed by atoms with Crippen molar-refractivity contribution >= 4 is 29.7 Å². The van der Waals surface area contributed by atoms with Crippen molar-refractivity contribution in [3.63, 3.8) is 0 Å². The summed E-state index contributed by atoms with van der Waals surface area (Å²) in [4.78, 5) is 36.5. The van der Waals surface area contributed by atoms with Gasteiger partial charge in [-0.05, 0) is 29.6 Å². The Bertz CT molecular complexity index is 817. The quantitative estimate of drug-likeness (QED) is 0.506. The van der Waals surface area contributed by atoms with Gasteiger partial charge < -0.3 is 20.5 Å². The van der Waals surface area contributed by atoms with Gasteiger partial charge in [-0.2, -0.15) is 11.8 Å². The first-order chi connectivity index (χ1) is 14.5. The molecule has 0 heterocycles. The van der Waals surface area contributed by atoms with Crippen LogP contribution in [0.2, 0.25) is 0 Å². The van der Waals surface area contributed by atoms with Crippen LogP contribution in [0.25, 0.3) is 0 Å². The summed E-state index contributed by atoms with van der Waals surface area (Å²) in [6.45, 7) is 0.0673. The van der Waals surface area contributed by atoms with Crippen LogP contribution >= 0.6 is 11.8 Å². The molecule has 8 heteroatoms. The van der Waals surface area contributed by atoms with Crippen LogP contribution in [-0.2, 0) is 27.4 Å². The second-order valence-electron chi connectivity index (χ2n) is 6.63. The number of carbonyl (C=O) groups is 3. The minimum absolute atomic E-state index is 0.0673. The second-order valence-corrected chi connectivity index (χ2v) is 7.61. The van der Waals surface area contributed by atoms with Gasteiger partial charge in [0.1, 0.15) is 18.7 Å². The third-order valence-electron chi connectivity index (χ3n) is 4.33. The topological polar surface area (TPSA) is 105 Å². The SMILES string of the molecule is CSCC[C@H](NC(=O)[C@H](Cc1ccccc1)NC(=O)OCc1ccccc1)C(=O)O. The Morgan fingerprint density at radius 1 is 0.933 bits per heavy atom. The largest absolute Gasteiger partial charge is 0.480 e. The van der Waals surface area contributed by atoms with E-state index in [0.29, 0.717) is 12.2 Å². The summed E-state index contributed by atoms with van der Waals surface area (Å²) in [6, 6.07) is 16.4. The fourth-order valence-electron chi connectivity index (χ4n) is 2.73. The molecule has 160 valence electrons. The zero-order chi connectivity index (χ0) is 21.8. The molecule has 0 fully saturated rings. The third-order valence-corrected chi connectivity index (χ3v) is 4.97. The number of rotatable bonds is 11. The van der Waals surface area contributed by atoms with Crippen molar-refractivity contribution in [3.8, 4) is 0 Å². The molecule has 0 aliphatic carbocycles. The summed E-state index contributed by atoms with van der Waals surface area (Å²) < 4.78 is 5.21. The number of benzene rings is 2. The molecule has 0 spiro atoms. The summed E-state index contributed by atoms with van der Waals surface area (Å²) in [5, 5.41) is 14.5. The molecule has 2 atom stereocenters. The van der Waals surface area contributed by atoms with E-state index < -0.39 is 30.1 Å². The Morgan fingerprint density at radius 3 is 2.10 bits per heavy atom. The molecule has 0 unspecified atom stereocenters. The average Bonchev–Trinajstić information content (AvgIpc) is 2.76. The second kappa shape index (κ2) is 12.5. The molecular formula is C22H26N2O5S. The maximum Gasteiger partial charge on any atom is 0.408 e. The van der Waals surface area contributed by atoms with Crippen LogP contribution in [0.4, 0.5) is 4.79 Å². The number of carboxylic acids is 1. The maximum atomic E-state index is 12.8. The highest BCUT2D eigenvalue weighted by atomic mass is 32.2. The molecular weight excluding hydrogens is 404 g/mol. The van der Waals surface area contributed by atoms with Gasteiger partial charge in [-0.25, -0.2) is 9.59 Å². The lowest BCUT2D eigenvalue weighted by atomic mass is 10.0. The Labute approximate surface area is 180 Å². The lowest BCUT2D eigenvalue weighted by molar-refractivity contribution is -0.142. The van der Waals surface area contributed by atoms with Crippen molar-refractivity contribution < 1.29 is 24.2 Å². The van der Waals surface area contributed by atoms with E-state index in [0.717, 1.165) is 11.1 Å². The molecule has 7 nitrogen and oxygen atoms in total. The van der Waals surface area contributed by atoms with E-state index in [9.17, 15) is 19.5 Å². The fourth-order valence-corrected chi connectivity index (χ4v) is 3.20. The summed E-state index contributed by atoms with van der Waals surface area (Å²) in [7, 11) is 0. The van der Waals surface area contributed by atoms with E-state index in [-0.39, 0.29) is 13.0 Å². The molecule has 0 bridgehead atoms. The smallest absolute Gasteiger partial charge is 0.408 e. The van der Waals surface area contributed by atoms with Crippen molar-refractivity contribution in [1.29, 1.82) is 0 Å². The van der Waals surface area contributed by atoms with E-state index in [1.54, 1.807) is 0 Å². The van der Waals surface area contributed by atoms with Crippen LogP contribution in [-0.4, -0.2) is 47.2 Å². The zero-order valence-corrected chi connectivity index (χ0v) is 17.6. The average molecular weight is 431 g/mol. The molecule has 0 aliphatic rings. The summed E-state index contributed by atoms with van der Waals surface area (Å²) in [5.74, 6) is -1.08. The first-order valence-corrected chi connectivity index (χ1v) is 10.9. The number of nitrogens with one attached hydrogen (secondary N) is 2. The molecule has 0 saturated carbocycles. The lowest BCUT2D eigenvalue weighted by Crippen LogP contribution is -2.52. The van der Waals surface area contributed by atoms with Gasteiger partial charge in [-0.15, -0.1) is 0 Å². The normalized spacial score (nSPS) is 12.4. The standard InChI is InChI=1S/C22H26N2O5S/c1-30-13-12-18(21(26)27)23-20(25)19(14-16-8-4-2-5-9-16)24-22(28)29-15-17-10-6-3-7-11-17/h2-11,18-19H,12-15H2,1H3,(H,23,25)(H,24,28)(H,26,27)/t18-,19-/m0/s1. The van der Waals surface area contributed by atoms with Gasteiger partial charge in [-0.3, -0.25) is 4.79 Å². The molecule has 0 aromatic heterocycles. The zero-order valence-electron chi connectivity index (χ0n) is 16.7. The highest BCUT2D eigenvalue weighted by molar-refractivity contribution is 7.98. The van der Waals surface area contributed by atoms with Crippen LogP contribution in [0.5, 0.6) is 0 Å². The fraction of sp³-hybridized carbons (Fsp3) is 0.318. The van der Waals surface area contributed by atoms with Crippen LogP contribution in [0.15, 0.2) is 60.7 Å². The summed E-state index contributed by atoms with van der Waals surface area (Å²) in [5.41, 5.74) is 1.65. The van der Waals surface area contributed by atoms with Gasteiger partial charge in [0, 0.05) is 6.42 Å².